The second-order valence-corrected chi connectivity index (χ2v) is 11.0. The molecular formula is C25H27N3O7S. The van der Waals surface area contributed by atoms with E-state index >= 15 is 0 Å². The van der Waals surface area contributed by atoms with Crippen molar-refractivity contribution in [2.45, 2.75) is 38.5 Å². The van der Waals surface area contributed by atoms with Crippen molar-refractivity contribution < 1.29 is 22.6 Å². The van der Waals surface area contributed by atoms with Crippen LogP contribution in [0.5, 0.6) is 17.2 Å². The van der Waals surface area contributed by atoms with Gasteiger partial charge in [-0.1, -0.05) is 6.07 Å². The first-order chi connectivity index (χ1) is 17.2. The summed E-state index contributed by atoms with van der Waals surface area (Å²) >= 11 is 0. The minimum absolute atomic E-state index is 0.0265. The van der Waals surface area contributed by atoms with Crippen LogP contribution < -0.4 is 25.5 Å². The lowest BCUT2D eigenvalue weighted by Crippen LogP contribution is -2.43. The van der Waals surface area contributed by atoms with Gasteiger partial charge in [-0.2, -0.15) is 5.26 Å². The second kappa shape index (κ2) is 10.1. The number of sulfone groups is 1. The van der Waals surface area contributed by atoms with Crippen LogP contribution in [0, 0.1) is 11.3 Å². The van der Waals surface area contributed by atoms with Crippen LogP contribution in [0.4, 0.5) is 0 Å². The molecule has 3 aromatic rings. The van der Waals surface area contributed by atoms with Gasteiger partial charge < -0.3 is 14.2 Å². The van der Waals surface area contributed by atoms with E-state index in [1.54, 1.807) is 37.3 Å². The molecule has 0 amide bonds. The van der Waals surface area contributed by atoms with E-state index in [1.807, 2.05) is 6.07 Å². The van der Waals surface area contributed by atoms with E-state index in [4.69, 9.17) is 19.5 Å². The van der Waals surface area contributed by atoms with Gasteiger partial charge in [-0.3, -0.25) is 13.9 Å². The average molecular weight is 514 g/mol. The van der Waals surface area contributed by atoms with Gasteiger partial charge in [0.15, 0.2) is 17.6 Å². The van der Waals surface area contributed by atoms with Gasteiger partial charge in [0.05, 0.1) is 43.2 Å². The van der Waals surface area contributed by atoms with Crippen molar-refractivity contribution in [3.05, 3.63) is 62.8 Å². The Labute approximate surface area is 208 Å². The third kappa shape index (κ3) is 4.95. The van der Waals surface area contributed by atoms with Crippen LogP contribution in [-0.2, 0) is 16.4 Å². The fourth-order valence-electron chi connectivity index (χ4n) is 4.46. The maximum atomic E-state index is 13.7. The van der Waals surface area contributed by atoms with Crippen molar-refractivity contribution in [2.24, 2.45) is 0 Å². The molecule has 36 heavy (non-hydrogen) atoms. The van der Waals surface area contributed by atoms with Crippen molar-refractivity contribution in [3.63, 3.8) is 0 Å². The number of nitrogens with zero attached hydrogens (tertiary/aromatic N) is 3. The standard InChI is InChI=1S/C25H27N3O7S/c1-16(14-26)35-19-5-6-21-20(13-19)24(29)27(15-17-4-7-22(33-2)23(12-17)34-3)25(30)28(21)18-8-10-36(31,32)11-9-18/h4-7,12-13,16,18H,8-11,15H2,1-3H3. The molecule has 1 atom stereocenters. The van der Waals surface area contributed by atoms with Gasteiger partial charge in [0.1, 0.15) is 21.7 Å². The van der Waals surface area contributed by atoms with Gasteiger partial charge >= 0.3 is 5.69 Å². The van der Waals surface area contributed by atoms with Gasteiger partial charge in [-0.05, 0) is 55.7 Å². The van der Waals surface area contributed by atoms with Crippen molar-refractivity contribution in [2.75, 3.05) is 25.7 Å². The molecule has 2 heterocycles. The highest BCUT2D eigenvalue weighted by Gasteiger charge is 2.28. The molecule has 10 nitrogen and oxygen atoms in total. The number of rotatable bonds is 7. The lowest BCUT2D eigenvalue weighted by molar-refractivity contribution is 0.277. The lowest BCUT2D eigenvalue weighted by atomic mass is 10.1. The third-order valence-electron chi connectivity index (χ3n) is 6.31. The quantitative estimate of drug-likeness (QED) is 0.470. The molecule has 190 valence electrons. The van der Waals surface area contributed by atoms with Crippen molar-refractivity contribution in [1.82, 2.24) is 9.13 Å². The number of hydrogen-bond donors (Lipinski definition) is 0. The topological polar surface area (TPSA) is 130 Å². The average Bonchev–Trinajstić information content (AvgIpc) is 2.87. The monoisotopic (exact) mass is 513 g/mol. The molecular weight excluding hydrogens is 486 g/mol. The molecule has 11 heteroatoms. The van der Waals surface area contributed by atoms with E-state index in [2.05, 4.69) is 0 Å². The Kier molecular flexibility index (Phi) is 7.08. The summed E-state index contributed by atoms with van der Waals surface area (Å²) in [6.45, 7) is 1.56. The maximum Gasteiger partial charge on any atom is 0.332 e. The molecule has 4 rings (SSSR count). The summed E-state index contributed by atoms with van der Waals surface area (Å²) in [7, 11) is -0.142. The Bertz CT molecular complexity index is 1550. The van der Waals surface area contributed by atoms with Crippen LogP contribution in [0.25, 0.3) is 10.9 Å². The smallest absolute Gasteiger partial charge is 0.332 e. The van der Waals surface area contributed by atoms with Crippen LogP contribution in [0.1, 0.15) is 31.4 Å². The molecule has 0 N–H and O–H groups in total. The molecule has 1 unspecified atom stereocenters. The number of hydrogen-bond acceptors (Lipinski definition) is 8. The zero-order valence-corrected chi connectivity index (χ0v) is 21.1. The summed E-state index contributed by atoms with van der Waals surface area (Å²) in [6, 6.07) is 11.5. The second-order valence-electron chi connectivity index (χ2n) is 8.68. The third-order valence-corrected chi connectivity index (χ3v) is 8.03. The number of nitriles is 1. The fraction of sp³-hybridized carbons (Fsp3) is 0.400. The summed E-state index contributed by atoms with van der Waals surface area (Å²) in [5.41, 5.74) is 0.00877. The molecule has 1 aromatic heterocycles. The summed E-state index contributed by atoms with van der Waals surface area (Å²) in [5, 5.41) is 9.33. The highest BCUT2D eigenvalue weighted by atomic mass is 32.2. The molecule has 0 spiro atoms. The summed E-state index contributed by atoms with van der Waals surface area (Å²) in [6.07, 6.45) is -0.184. The summed E-state index contributed by atoms with van der Waals surface area (Å²) in [5.74, 6) is 1.25. The SMILES string of the molecule is COc1ccc(Cn2c(=O)c3cc(OC(C)C#N)ccc3n(C3CCS(=O)(=O)CC3)c2=O)cc1OC. The van der Waals surface area contributed by atoms with E-state index in [1.165, 1.54) is 24.9 Å². The van der Waals surface area contributed by atoms with Crippen LogP contribution in [-0.4, -0.2) is 49.4 Å². The predicted octanol–water partition coefficient (Wildman–Crippen LogP) is 2.27. The van der Waals surface area contributed by atoms with E-state index in [0.717, 1.165) is 4.57 Å². The number of benzene rings is 2. The van der Waals surface area contributed by atoms with Crippen LogP contribution in [0.3, 0.4) is 0 Å². The number of fused-ring (bicyclic) bond motifs is 1. The molecule has 0 radical (unpaired) electrons. The maximum absolute atomic E-state index is 13.7. The summed E-state index contributed by atoms with van der Waals surface area (Å²) < 4.78 is 42.9. The molecule has 0 saturated carbocycles. The first-order valence-electron chi connectivity index (χ1n) is 11.4. The normalized spacial score (nSPS) is 16.3. The van der Waals surface area contributed by atoms with Crippen LogP contribution in [0.2, 0.25) is 0 Å². The van der Waals surface area contributed by atoms with Gasteiger partial charge in [-0.15, -0.1) is 0 Å². The minimum atomic E-state index is -3.15. The van der Waals surface area contributed by atoms with E-state index in [9.17, 15) is 18.0 Å². The Morgan fingerprint density at radius 1 is 1.06 bits per heavy atom. The molecule has 2 aromatic carbocycles. The first kappa shape index (κ1) is 25.3. The van der Waals surface area contributed by atoms with Crippen molar-refractivity contribution >= 4 is 20.7 Å². The molecule has 0 aliphatic carbocycles. The molecule has 0 bridgehead atoms. The molecule has 1 aliphatic rings. The largest absolute Gasteiger partial charge is 0.493 e. The highest BCUT2D eigenvalue weighted by Crippen LogP contribution is 2.29. The van der Waals surface area contributed by atoms with E-state index in [0.29, 0.717) is 28.3 Å². The van der Waals surface area contributed by atoms with Crippen molar-refractivity contribution in [3.8, 4) is 23.3 Å². The lowest BCUT2D eigenvalue weighted by Gasteiger charge is -2.26. The van der Waals surface area contributed by atoms with E-state index < -0.39 is 27.2 Å². The Morgan fingerprint density at radius 2 is 1.75 bits per heavy atom. The van der Waals surface area contributed by atoms with Crippen LogP contribution >= 0.6 is 0 Å². The van der Waals surface area contributed by atoms with Gasteiger partial charge in [0.25, 0.3) is 5.56 Å². The zero-order chi connectivity index (χ0) is 26.0. The van der Waals surface area contributed by atoms with E-state index in [-0.39, 0.29) is 42.3 Å². The molecule has 1 aliphatic heterocycles. The van der Waals surface area contributed by atoms with Crippen molar-refractivity contribution in [1.29, 1.82) is 5.26 Å². The Hall–Kier alpha value is -3.78. The predicted molar refractivity (Wildman–Crippen MR) is 134 cm³/mol. The molecule has 1 saturated heterocycles. The van der Waals surface area contributed by atoms with Gasteiger partial charge in [0.2, 0.25) is 0 Å². The number of methoxy groups -OCH3 is 2. The fourth-order valence-corrected chi connectivity index (χ4v) is 5.92. The summed E-state index contributed by atoms with van der Waals surface area (Å²) in [4.78, 5) is 27.3. The number of ether oxygens (including phenoxy) is 3. The van der Waals surface area contributed by atoms with Crippen LogP contribution in [0.15, 0.2) is 46.0 Å². The first-order valence-corrected chi connectivity index (χ1v) is 13.3. The Morgan fingerprint density at radius 3 is 2.39 bits per heavy atom. The molecule has 1 fully saturated rings. The number of aromatic nitrogens is 2. The minimum Gasteiger partial charge on any atom is -0.493 e. The Balaban J connectivity index is 1.89. The van der Waals surface area contributed by atoms with Gasteiger partial charge in [0, 0.05) is 6.04 Å². The highest BCUT2D eigenvalue weighted by molar-refractivity contribution is 7.91. The van der Waals surface area contributed by atoms with Gasteiger partial charge in [-0.25, -0.2) is 13.2 Å². The zero-order valence-electron chi connectivity index (χ0n) is 20.3.